The number of ketones is 1. The minimum Gasteiger partial charge on any atom is -0.428 e. The quantitative estimate of drug-likeness (QED) is 0.517. The minimum atomic E-state index is -1.08. The molecule has 1 rings (SSSR count). The summed E-state index contributed by atoms with van der Waals surface area (Å²) in [4.78, 5) is 33.6. The summed E-state index contributed by atoms with van der Waals surface area (Å²) in [6.07, 6.45) is -0.812. The van der Waals surface area contributed by atoms with Gasteiger partial charge in [0.05, 0.1) is 0 Å². The molecule has 1 heterocycles. The van der Waals surface area contributed by atoms with Crippen LogP contribution in [0.25, 0.3) is 0 Å². The first-order valence-corrected chi connectivity index (χ1v) is 5.00. The maximum absolute atomic E-state index is 11.3. The Kier molecular flexibility index (Phi) is 3.64. The van der Waals surface area contributed by atoms with E-state index in [-0.39, 0.29) is 12.2 Å². The van der Waals surface area contributed by atoms with Gasteiger partial charge in [-0.15, -0.1) is 0 Å². The Hall–Kier alpha value is -1.43. The Balaban J connectivity index is 2.45. The third-order valence-corrected chi connectivity index (χ3v) is 1.85. The Labute approximate surface area is 93.3 Å². The van der Waals surface area contributed by atoms with Crippen LogP contribution in [0.4, 0.5) is 4.79 Å². The van der Waals surface area contributed by atoms with Gasteiger partial charge in [-0.3, -0.25) is 10.1 Å². The van der Waals surface area contributed by atoms with E-state index in [1.54, 1.807) is 20.8 Å². The predicted octanol–water partition coefficient (Wildman–Crippen LogP) is 0.396. The molecule has 0 aliphatic carbocycles. The number of carbonyl (C=O) groups is 3. The van der Waals surface area contributed by atoms with E-state index in [0.717, 1.165) is 0 Å². The lowest BCUT2D eigenvalue weighted by Crippen LogP contribution is -2.39. The molecule has 0 aromatic rings. The largest absolute Gasteiger partial charge is 0.516 e. The molecule has 0 aromatic carbocycles. The van der Waals surface area contributed by atoms with E-state index in [2.05, 4.69) is 10.1 Å². The Bertz CT molecular complexity index is 318. The van der Waals surface area contributed by atoms with Gasteiger partial charge < -0.3 is 9.47 Å². The molecule has 0 unspecified atom stereocenters. The zero-order valence-electron chi connectivity index (χ0n) is 9.53. The van der Waals surface area contributed by atoms with Crippen LogP contribution in [-0.4, -0.2) is 36.1 Å². The molecular formula is C10H15NO5. The van der Waals surface area contributed by atoms with Crippen LogP contribution in [0.2, 0.25) is 0 Å². The van der Waals surface area contributed by atoms with Gasteiger partial charge in [0.25, 0.3) is 0 Å². The molecule has 0 saturated carbocycles. The van der Waals surface area contributed by atoms with Crippen molar-refractivity contribution in [3.63, 3.8) is 0 Å². The molecule has 1 saturated heterocycles. The molecule has 1 fully saturated rings. The van der Waals surface area contributed by atoms with Gasteiger partial charge in [0.1, 0.15) is 5.60 Å². The number of ether oxygens (including phenoxy) is 2. The van der Waals surface area contributed by atoms with Crippen molar-refractivity contribution in [3.8, 4) is 0 Å². The third-order valence-electron chi connectivity index (χ3n) is 1.85. The summed E-state index contributed by atoms with van der Waals surface area (Å²) in [6, 6.07) is -1.03. The number of nitrogens with one attached hydrogen (secondary N) is 1. The second-order valence-electron chi connectivity index (χ2n) is 4.49. The molecule has 0 spiro atoms. The number of hydrogen-bond donors (Lipinski definition) is 1. The van der Waals surface area contributed by atoms with Crippen molar-refractivity contribution in [1.82, 2.24) is 5.32 Å². The summed E-state index contributed by atoms with van der Waals surface area (Å²) in [5.74, 6) is -1.18. The first-order chi connectivity index (χ1) is 7.29. The van der Waals surface area contributed by atoms with Crippen molar-refractivity contribution in [2.45, 2.75) is 38.8 Å². The van der Waals surface area contributed by atoms with Crippen molar-refractivity contribution >= 4 is 17.9 Å². The van der Waals surface area contributed by atoms with Crippen LogP contribution in [0.5, 0.6) is 0 Å². The van der Waals surface area contributed by atoms with Gasteiger partial charge >= 0.3 is 12.1 Å². The van der Waals surface area contributed by atoms with E-state index in [1.165, 1.54) is 0 Å². The van der Waals surface area contributed by atoms with Gasteiger partial charge in [-0.2, -0.15) is 0 Å². The number of Topliss-reactive ketones (excluding diaryl/α,β-unsaturated/α-hetero) is 1. The number of esters is 1. The molecular weight excluding hydrogens is 214 g/mol. The van der Waals surface area contributed by atoms with Crippen molar-refractivity contribution in [2.75, 3.05) is 6.54 Å². The van der Waals surface area contributed by atoms with Crippen LogP contribution in [0, 0.1) is 0 Å². The van der Waals surface area contributed by atoms with Gasteiger partial charge in [0.2, 0.25) is 0 Å². The zero-order chi connectivity index (χ0) is 12.3. The molecule has 0 aromatic heterocycles. The van der Waals surface area contributed by atoms with Gasteiger partial charge in [-0.1, -0.05) is 0 Å². The fourth-order valence-electron chi connectivity index (χ4n) is 1.22. The van der Waals surface area contributed by atoms with Crippen molar-refractivity contribution in [1.29, 1.82) is 0 Å². The van der Waals surface area contributed by atoms with Gasteiger partial charge in [-0.05, 0) is 20.8 Å². The average Bonchev–Trinajstić information content (AvgIpc) is 2.47. The van der Waals surface area contributed by atoms with E-state index in [0.29, 0.717) is 6.54 Å². The first-order valence-electron chi connectivity index (χ1n) is 5.00. The Morgan fingerprint density at radius 2 is 2.00 bits per heavy atom. The average molecular weight is 229 g/mol. The molecule has 6 heteroatoms. The standard InChI is InChI=1S/C10H15NO5/c1-10(2,3)16-9(14)15-8(13)7-6(12)4-5-11-7/h7,11H,4-5H2,1-3H3/t7-/m0/s1. The third kappa shape index (κ3) is 3.62. The molecule has 6 nitrogen and oxygen atoms in total. The van der Waals surface area contributed by atoms with Gasteiger partial charge in [0.15, 0.2) is 11.8 Å². The predicted molar refractivity (Wildman–Crippen MR) is 53.7 cm³/mol. The maximum atomic E-state index is 11.3. The molecule has 0 amide bonds. The minimum absolute atomic E-state index is 0.270. The lowest BCUT2D eigenvalue weighted by molar-refractivity contribution is -0.145. The Morgan fingerprint density at radius 1 is 1.38 bits per heavy atom. The summed E-state index contributed by atoms with van der Waals surface area (Å²) in [5.41, 5.74) is -0.732. The number of rotatable bonds is 1. The monoisotopic (exact) mass is 229 g/mol. The summed E-state index contributed by atoms with van der Waals surface area (Å²) in [6.45, 7) is 5.38. The lowest BCUT2D eigenvalue weighted by Gasteiger charge is -2.18. The van der Waals surface area contributed by atoms with Gasteiger partial charge in [-0.25, -0.2) is 9.59 Å². The van der Waals surface area contributed by atoms with Crippen LogP contribution >= 0.6 is 0 Å². The highest BCUT2D eigenvalue weighted by Gasteiger charge is 2.34. The van der Waals surface area contributed by atoms with Crippen LogP contribution in [0.1, 0.15) is 27.2 Å². The maximum Gasteiger partial charge on any atom is 0.516 e. The highest BCUT2D eigenvalue weighted by atomic mass is 16.7. The summed E-state index contributed by atoms with van der Waals surface area (Å²) in [7, 11) is 0. The molecule has 0 radical (unpaired) electrons. The molecule has 1 atom stereocenters. The molecule has 0 bridgehead atoms. The summed E-state index contributed by atoms with van der Waals surface area (Å²) < 4.78 is 9.18. The SMILES string of the molecule is CC(C)(C)OC(=O)OC(=O)[C@H]1NCCC1=O. The van der Waals surface area contributed by atoms with Crippen LogP contribution in [0.3, 0.4) is 0 Å². The fraction of sp³-hybridized carbons (Fsp3) is 0.700. The normalized spacial score (nSPS) is 20.7. The highest BCUT2D eigenvalue weighted by Crippen LogP contribution is 2.09. The molecule has 1 aliphatic rings. The van der Waals surface area contributed by atoms with E-state index in [9.17, 15) is 14.4 Å². The van der Waals surface area contributed by atoms with E-state index in [1.807, 2.05) is 0 Å². The number of carbonyl (C=O) groups excluding carboxylic acids is 3. The second-order valence-corrected chi connectivity index (χ2v) is 4.49. The van der Waals surface area contributed by atoms with Crippen molar-refractivity contribution in [3.05, 3.63) is 0 Å². The molecule has 90 valence electrons. The van der Waals surface area contributed by atoms with Crippen LogP contribution < -0.4 is 5.32 Å². The van der Waals surface area contributed by atoms with Crippen molar-refractivity contribution < 1.29 is 23.9 Å². The van der Waals surface area contributed by atoms with E-state index in [4.69, 9.17) is 4.74 Å². The highest BCUT2D eigenvalue weighted by molar-refractivity contribution is 6.06. The zero-order valence-corrected chi connectivity index (χ0v) is 9.53. The van der Waals surface area contributed by atoms with Crippen LogP contribution in [0.15, 0.2) is 0 Å². The van der Waals surface area contributed by atoms with Crippen LogP contribution in [-0.2, 0) is 19.1 Å². The van der Waals surface area contributed by atoms with Gasteiger partial charge in [0, 0.05) is 13.0 Å². The van der Waals surface area contributed by atoms with E-state index >= 15 is 0 Å². The smallest absolute Gasteiger partial charge is 0.428 e. The fourth-order valence-corrected chi connectivity index (χ4v) is 1.22. The lowest BCUT2D eigenvalue weighted by atomic mass is 10.2. The first kappa shape index (κ1) is 12.6. The van der Waals surface area contributed by atoms with E-state index < -0.39 is 23.8 Å². The topological polar surface area (TPSA) is 81.7 Å². The second kappa shape index (κ2) is 4.61. The summed E-state index contributed by atoms with van der Waals surface area (Å²) in [5, 5.41) is 2.64. The number of hydrogen-bond acceptors (Lipinski definition) is 6. The summed E-state index contributed by atoms with van der Waals surface area (Å²) >= 11 is 0. The van der Waals surface area contributed by atoms with Crippen molar-refractivity contribution in [2.24, 2.45) is 0 Å². The Morgan fingerprint density at radius 3 is 2.44 bits per heavy atom. The molecule has 16 heavy (non-hydrogen) atoms. The molecule has 1 aliphatic heterocycles. The molecule has 1 N–H and O–H groups in total.